The van der Waals surface area contributed by atoms with Crippen LogP contribution in [0.25, 0.3) is 0 Å². The maximum absolute atomic E-state index is 12.5. The molecule has 2 aromatic carbocycles. The molecule has 0 unspecified atom stereocenters. The average molecular weight is 352 g/mol. The van der Waals surface area contributed by atoms with E-state index in [0.29, 0.717) is 12.5 Å². The van der Waals surface area contributed by atoms with E-state index in [0.717, 1.165) is 30.0 Å². The largest absolute Gasteiger partial charge is 0.497 e. The number of amides is 1. The molecular formula is C20H24N4O2. The number of aliphatic imine (C=N–C) groups is 1. The fourth-order valence-electron chi connectivity index (χ4n) is 3.00. The number of hydrogen-bond donors (Lipinski definition) is 2. The number of guanidine groups is 1. The molecule has 0 saturated carbocycles. The molecular weight excluding hydrogens is 328 g/mol. The van der Waals surface area contributed by atoms with Crippen LogP contribution in [0.5, 0.6) is 5.75 Å². The molecule has 6 heteroatoms. The summed E-state index contributed by atoms with van der Waals surface area (Å²) in [6.45, 7) is 1.55. The van der Waals surface area contributed by atoms with Gasteiger partial charge in [0.15, 0.2) is 5.96 Å². The van der Waals surface area contributed by atoms with Crippen LogP contribution in [-0.4, -0.2) is 39.1 Å². The fourth-order valence-corrected chi connectivity index (χ4v) is 3.00. The Hall–Kier alpha value is -3.02. The van der Waals surface area contributed by atoms with Crippen molar-refractivity contribution in [3.8, 4) is 5.75 Å². The number of methoxy groups -OCH3 is 1. The van der Waals surface area contributed by atoms with E-state index in [4.69, 9.17) is 4.74 Å². The van der Waals surface area contributed by atoms with E-state index < -0.39 is 0 Å². The maximum Gasteiger partial charge on any atom is 0.246 e. The Bertz CT molecular complexity index is 787. The summed E-state index contributed by atoms with van der Waals surface area (Å²) in [5, 5.41) is 6.31. The predicted molar refractivity (Wildman–Crippen MR) is 104 cm³/mol. The van der Waals surface area contributed by atoms with Gasteiger partial charge in [-0.05, 0) is 35.7 Å². The van der Waals surface area contributed by atoms with Gasteiger partial charge in [-0.3, -0.25) is 9.79 Å². The number of nitrogens with one attached hydrogen (secondary N) is 2. The summed E-state index contributed by atoms with van der Waals surface area (Å²) in [4.78, 5) is 18.6. The smallest absolute Gasteiger partial charge is 0.246 e. The lowest BCUT2D eigenvalue weighted by atomic mass is 10.2. The van der Waals surface area contributed by atoms with Crippen LogP contribution < -0.4 is 20.3 Å². The number of ether oxygens (including phenoxy) is 1. The van der Waals surface area contributed by atoms with E-state index in [9.17, 15) is 4.79 Å². The van der Waals surface area contributed by atoms with Gasteiger partial charge in [0.05, 0.1) is 13.7 Å². The van der Waals surface area contributed by atoms with Crippen molar-refractivity contribution >= 4 is 17.6 Å². The lowest BCUT2D eigenvalue weighted by Crippen LogP contribution is -2.44. The van der Waals surface area contributed by atoms with Gasteiger partial charge in [0.1, 0.15) is 5.75 Å². The van der Waals surface area contributed by atoms with Gasteiger partial charge in [-0.25, -0.2) is 0 Å². The minimum atomic E-state index is 0.0438. The molecule has 2 N–H and O–H groups in total. The quantitative estimate of drug-likeness (QED) is 0.638. The van der Waals surface area contributed by atoms with Gasteiger partial charge >= 0.3 is 0 Å². The van der Waals surface area contributed by atoms with Crippen LogP contribution in [0.2, 0.25) is 0 Å². The van der Waals surface area contributed by atoms with Gasteiger partial charge in [-0.15, -0.1) is 0 Å². The molecule has 0 radical (unpaired) electrons. The predicted octanol–water partition coefficient (Wildman–Crippen LogP) is 1.95. The molecule has 0 aromatic heterocycles. The zero-order chi connectivity index (χ0) is 18.4. The molecule has 0 fully saturated rings. The summed E-state index contributed by atoms with van der Waals surface area (Å²) in [7, 11) is 3.34. The number of para-hydroxylation sites is 1. The highest BCUT2D eigenvalue weighted by Gasteiger charge is 2.23. The van der Waals surface area contributed by atoms with Gasteiger partial charge < -0.3 is 20.3 Å². The second-order valence-electron chi connectivity index (χ2n) is 6.05. The van der Waals surface area contributed by atoms with Crippen molar-refractivity contribution in [2.75, 3.05) is 32.1 Å². The number of anilines is 1. The lowest BCUT2D eigenvalue weighted by molar-refractivity contribution is -0.117. The fraction of sp³-hybridized carbons (Fsp3) is 0.300. The molecule has 0 atom stereocenters. The molecule has 0 saturated heterocycles. The molecule has 136 valence electrons. The summed E-state index contributed by atoms with van der Waals surface area (Å²) in [6.07, 6.45) is 0.909. The molecule has 1 aliphatic rings. The van der Waals surface area contributed by atoms with Crippen LogP contribution in [0.1, 0.15) is 11.1 Å². The molecule has 0 spiro atoms. The maximum atomic E-state index is 12.5. The Balaban J connectivity index is 1.50. The summed E-state index contributed by atoms with van der Waals surface area (Å²) in [5.41, 5.74) is 3.34. The Labute approximate surface area is 153 Å². The molecule has 0 bridgehead atoms. The van der Waals surface area contributed by atoms with E-state index in [1.54, 1.807) is 14.2 Å². The van der Waals surface area contributed by atoms with Gasteiger partial charge in [-0.1, -0.05) is 30.3 Å². The number of rotatable bonds is 5. The molecule has 1 amide bonds. The Morgan fingerprint density at radius 2 is 1.92 bits per heavy atom. The second kappa shape index (κ2) is 8.38. The Morgan fingerprint density at radius 1 is 1.15 bits per heavy atom. The monoisotopic (exact) mass is 352 g/mol. The van der Waals surface area contributed by atoms with Crippen molar-refractivity contribution in [3.63, 3.8) is 0 Å². The normalized spacial score (nSPS) is 13.3. The Kier molecular flexibility index (Phi) is 5.73. The van der Waals surface area contributed by atoms with Crippen LogP contribution in [0.3, 0.4) is 0 Å². The van der Waals surface area contributed by atoms with E-state index >= 15 is 0 Å². The Morgan fingerprint density at radius 3 is 2.65 bits per heavy atom. The van der Waals surface area contributed by atoms with Crippen LogP contribution >= 0.6 is 0 Å². The molecule has 1 heterocycles. The molecule has 2 aromatic rings. The van der Waals surface area contributed by atoms with Crippen molar-refractivity contribution in [1.29, 1.82) is 0 Å². The SMILES string of the molecule is CN=C(NCC(=O)N1CCc2ccccc21)NCc1ccc(OC)cc1. The molecule has 6 nitrogen and oxygen atoms in total. The van der Waals surface area contributed by atoms with Crippen molar-refractivity contribution in [2.45, 2.75) is 13.0 Å². The first kappa shape index (κ1) is 17.8. The van der Waals surface area contributed by atoms with Crippen molar-refractivity contribution in [1.82, 2.24) is 10.6 Å². The highest BCUT2D eigenvalue weighted by atomic mass is 16.5. The number of benzene rings is 2. The standard InChI is InChI=1S/C20H24N4O2/c1-21-20(22-13-15-7-9-17(26-2)10-8-15)23-14-19(25)24-12-11-16-5-3-4-6-18(16)24/h3-10H,11-14H2,1-2H3,(H2,21,22,23). The van der Waals surface area contributed by atoms with Crippen LogP contribution in [0.4, 0.5) is 5.69 Å². The van der Waals surface area contributed by atoms with Crippen molar-refractivity contribution in [3.05, 3.63) is 59.7 Å². The highest BCUT2D eigenvalue weighted by Crippen LogP contribution is 2.27. The first-order chi connectivity index (χ1) is 12.7. The van der Waals surface area contributed by atoms with E-state index in [-0.39, 0.29) is 12.5 Å². The highest BCUT2D eigenvalue weighted by molar-refractivity contribution is 5.98. The third-order valence-corrected chi connectivity index (χ3v) is 4.44. The van der Waals surface area contributed by atoms with E-state index in [1.807, 2.05) is 47.4 Å². The van der Waals surface area contributed by atoms with Gasteiger partial charge in [0, 0.05) is 25.8 Å². The first-order valence-corrected chi connectivity index (χ1v) is 8.67. The summed E-state index contributed by atoms with van der Waals surface area (Å²) < 4.78 is 5.16. The van der Waals surface area contributed by atoms with Crippen molar-refractivity contribution < 1.29 is 9.53 Å². The zero-order valence-electron chi connectivity index (χ0n) is 15.2. The second-order valence-corrected chi connectivity index (χ2v) is 6.05. The van der Waals surface area contributed by atoms with E-state index in [2.05, 4.69) is 21.7 Å². The minimum absolute atomic E-state index is 0.0438. The number of hydrogen-bond acceptors (Lipinski definition) is 3. The third-order valence-electron chi connectivity index (χ3n) is 4.44. The van der Waals surface area contributed by atoms with Gasteiger partial charge in [0.2, 0.25) is 5.91 Å². The van der Waals surface area contributed by atoms with E-state index in [1.165, 1.54) is 5.56 Å². The average Bonchev–Trinajstić information content (AvgIpc) is 3.12. The third kappa shape index (κ3) is 4.14. The van der Waals surface area contributed by atoms with Crippen LogP contribution in [0.15, 0.2) is 53.5 Å². The number of fused-ring (bicyclic) bond motifs is 1. The van der Waals surface area contributed by atoms with Gasteiger partial charge in [0.25, 0.3) is 0 Å². The van der Waals surface area contributed by atoms with Crippen LogP contribution in [0, 0.1) is 0 Å². The molecule has 0 aliphatic carbocycles. The first-order valence-electron chi connectivity index (χ1n) is 8.67. The summed E-state index contributed by atoms with van der Waals surface area (Å²) >= 11 is 0. The lowest BCUT2D eigenvalue weighted by Gasteiger charge is -2.19. The summed E-state index contributed by atoms with van der Waals surface area (Å²) in [5.74, 6) is 1.47. The molecule has 3 rings (SSSR count). The molecule has 26 heavy (non-hydrogen) atoms. The van der Waals surface area contributed by atoms with Crippen molar-refractivity contribution in [2.24, 2.45) is 4.99 Å². The number of nitrogens with zero attached hydrogens (tertiary/aromatic N) is 2. The summed E-state index contributed by atoms with van der Waals surface area (Å²) in [6, 6.07) is 15.9. The molecule has 1 aliphatic heterocycles. The number of carbonyl (C=O) groups is 1. The van der Waals surface area contributed by atoms with Gasteiger partial charge in [-0.2, -0.15) is 0 Å². The van der Waals surface area contributed by atoms with Crippen LogP contribution in [-0.2, 0) is 17.8 Å². The number of carbonyl (C=O) groups excluding carboxylic acids is 1. The topological polar surface area (TPSA) is 66.0 Å². The zero-order valence-corrected chi connectivity index (χ0v) is 15.2. The minimum Gasteiger partial charge on any atom is -0.497 e.